The van der Waals surface area contributed by atoms with Gasteiger partial charge in [0, 0.05) is 0 Å². The maximum absolute atomic E-state index is 13.0. The molecule has 0 radical (unpaired) electrons. The van der Waals surface area contributed by atoms with Gasteiger partial charge in [-0.05, 0) is 60.2 Å². The van der Waals surface area contributed by atoms with Gasteiger partial charge in [-0.2, -0.15) is 5.10 Å². The molecule has 1 N–H and O–H groups in total. The zero-order valence-corrected chi connectivity index (χ0v) is 17.5. The van der Waals surface area contributed by atoms with Crippen molar-refractivity contribution in [1.29, 1.82) is 0 Å². The van der Waals surface area contributed by atoms with E-state index >= 15 is 0 Å². The van der Waals surface area contributed by atoms with Gasteiger partial charge in [-0.15, -0.1) is 0 Å². The molecule has 3 aromatic carbocycles. The number of benzene rings is 3. The van der Waals surface area contributed by atoms with Crippen LogP contribution in [0.4, 0.5) is 4.39 Å². The second kappa shape index (κ2) is 9.82. The zero-order valence-electron chi connectivity index (χ0n) is 17.5. The fraction of sp³-hybridized carbons (Fsp3) is 0.125. The van der Waals surface area contributed by atoms with Gasteiger partial charge in [0.1, 0.15) is 12.4 Å². The van der Waals surface area contributed by atoms with E-state index in [0.29, 0.717) is 17.1 Å². The number of esters is 1. The summed E-state index contributed by atoms with van der Waals surface area (Å²) < 4.78 is 34.8. The minimum absolute atomic E-state index is 0.0698. The van der Waals surface area contributed by atoms with Crippen molar-refractivity contribution in [2.24, 2.45) is 5.10 Å². The number of hydrazone groups is 1. The quantitative estimate of drug-likeness (QED) is 0.268. The summed E-state index contributed by atoms with van der Waals surface area (Å²) in [4.78, 5) is 24.6. The van der Waals surface area contributed by atoms with E-state index in [9.17, 15) is 14.0 Å². The number of halogens is 1. The molecule has 1 heterocycles. The predicted octanol–water partition coefficient (Wildman–Crippen LogP) is 3.34. The van der Waals surface area contributed by atoms with Crippen LogP contribution in [0.2, 0.25) is 0 Å². The molecule has 3 aromatic rings. The van der Waals surface area contributed by atoms with Crippen molar-refractivity contribution in [3.63, 3.8) is 0 Å². The topological polar surface area (TPSA) is 95.5 Å². The highest BCUT2D eigenvalue weighted by molar-refractivity contribution is 5.91. The summed E-state index contributed by atoms with van der Waals surface area (Å²) in [6.07, 6.45) is 0.573. The third-order valence-electron chi connectivity index (χ3n) is 4.66. The highest BCUT2D eigenvalue weighted by atomic mass is 19.1. The number of nitrogens with zero attached hydrogens (tertiary/aromatic N) is 1. The average Bonchev–Trinajstić information content (AvgIpc) is 2.84. The molecule has 0 saturated heterocycles. The summed E-state index contributed by atoms with van der Waals surface area (Å²) in [5.74, 6) is -0.0374. The second-order valence-corrected chi connectivity index (χ2v) is 6.91. The molecule has 1 amide bonds. The van der Waals surface area contributed by atoms with Crippen molar-refractivity contribution < 1.29 is 32.9 Å². The summed E-state index contributed by atoms with van der Waals surface area (Å²) in [5, 5.41) is 3.94. The van der Waals surface area contributed by atoms with Crippen LogP contribution in [0, 0.1) is 5.82 Å². The van der Waals surface area contributed by atoms with Crippen molar-refractivity contribution in [2.75, 3.05) is 13.7 Å². The molecule has 0 spiro atoms. The van der Waals surface area contributed by atoms with Gasteiger partial charge in [0.15, 0.2) is 23.0 Å². The Kier molecular flexibility index (Phi) is 6.49. The molecule has 1 unspecified atom stereocenters. The molecule has 9 heteroatoms. The highest BCUT2D eigenvalue weighted by Gasteiger charge is 2.27. The van der Waals surface area contributed by atoms with Crippen molar-refractivity contribution in [3.8, 4) is 23.0 Å². The minimum atomic E-state index is -0.833. The first kappa shape index (κ1) is 21.8. The van der Waals surface area contributed by atoms with Crippen LogP contribution < -0.4 is 24.4 Å². The Labute approximate surface area is 188 Å². The molecular formula is C24H19FN2O6. The largest absolute Gasteiger partial charge is 0.493 e. The molecule has 0 saturated carbocycles. The van der Waals surface area contributed by atoms with Gasteiger partial charge in [0.25, 0.3) is 5.91 Å². The first-order valence-corrected chi connectivity index (χ1v) is 9.90. The maximum Gasteiger partial charge on any atom is 0.343 e. The van der Waals surface area contributed by atoms with Crippen LogP contribution in [-0.2, 0) is 4.79 Å². The number of ether oxygens (including phenoxy) is 4. The normalized spacial score (nSPS) is 14.5. The molecule has 0 aliphatic carbocycles. The molecule has 0 aromatic heterocycles. The smallest absolute Gasteiger partial charge is 0.343 e. The minimum Gasteiger partial charge on any atom is -0.493 e. The lowest BCUT2D eigenvalue weighted by molar-refractivity contribution is -0.130. The maximum atomic E-state index is 13.0. The van der Waals surface area contributed by atoms with E-state index in [2.05, 4.69) is 10.5 Å². The van der Waals surface area contributed by atoms with Crippen LogP contribution in [0.3, 0.4) is 0 Å². The van der Waals surface area contributed by atoms with E-state index in [0.717, 1.165) is 0 Å². The SMILES string of the molecule is COc1cc(/C=N/NC(=O)C2COc3ccccc3O2)ccc1OC(=O)c1ccc(F)cc1. The summed E-state index contributed by atoms with van der Waals surface area (Å²) in [5.41, 5.74) is 3.19. The van der Waals surface area contributed by atoms with Gasteiger partial charge in [0.05, 0.1) is 18.9 Å². The zero-order chi connectivity index (χ0) is 23.2. The van der Waals surface area contributed by atoms with Crippen molar-refractivity contribution in [3.05, 3.63) is 83.7 Å². The molecule has 1 aliphatic heterocycles. The van der Waals surface area contributed by atoms with Crippen molar-refractivity contribution in [1.82, 2.24) is 5.43 Å². The van der Waals surface area contributed by atoms with Crippen molar-refractivity contribution >= 4 is 18.1 Å². The van der Waals surface area contributed by atoms with E-state index in [-0.39, 0.29) is 23.7 Å². The fourth-order valence-electron chi connectivity index (χ4n) is 2.98. The van der Waals surface area contributed by atoms with E-state index < -0.39 is 23.8 Å². The lowest BCUT2D eigenvalue weighted by Gasteiger charge is -2.24. The number of para-hydroxylation sites is 2. The Bertz CT molecular complexity index is 1200. The number of rotatable bonds is 6. The summed E-state index contributed by atoms with van der Waals surface area (Å²) >= 11 is 0. The van der Waals surface area contributed by atoms with Gasteiger partial charge in [0.2, 0.25) is 6.10 Å². The molecule has 0 bridgehead atoms. The highest BCUT2D eigenvalue weighted by Crippen LogP contribution is 2.31. The molecule has 4 rings (SSSR count). The van der Waals surface area contributed by atoms with Crippen LogP contribution in [0.25, 0.3) is 0 Å². The first-order valence-electron chi connectivity index (χ1n) is 9.90. The Balaban J connectivity index is 1.37. The molecule has 168 valence electrons. The Morgan fingerprint density at radius 1 is 1.06 bits per heavy atom. The van der Waals surface area contributed by atoms with Crippen LogP contribution in [0.1, 0.15) is 15.9 Å². The van der Waals surface area contributed by atoms with Gasteiger partial charge in [-0.3, -0.25) is 4.79 Å². The predicted molar refractivity (Wildman–Crippen MR) is 116 cm³/mol. The van der Waals surface area contributed by atoms with Crippen LogP contribution >= 0.6 is 0 Å². The number of fused-ring (bicyclic) bond motifs is 1. The molecular weight excluding hydrogens is 431 g/mol. The van der Waals surface area contributed by atoms with Gasteiger partial charge in [-0.25, -0.2) is 14.6 Å². The Morgan fingerprint density at radius 3 is 2.58 bits per heavy atom. The standard InChI is InChI=1S/C24H19FN2O6/c1-30-21-12-15(6-11-20(21)33-24(29)16-7-9-17(25)10-8-16)13-26-27-23(28)22-14-31-18-4-2-3-5-19(18)32-22/h2-13,22H,14H2,1H3,(H,27,28)/b26-13+. The van der Waals surface area contributed by atoms with E-state index in [1.807, 2.05) is 6.07 Å². The number of carbonyl (C=O) groups excluding carboxylic acids is 2. The van der Waals surface area contributed by atoms with Gasteiger partial charge in [-0.1, -0.05) is 12.1 Å². The number of methoxy groups -OCH3 is 1. The van der Waals surface area contributed by atoms with E-state index in [1.165, 1.54) is 43.7 Å². The lowest BCUT2D eigenvalue weighted by atomic mass is 10.2. The third-order valence-corrected chi connectivity index (χ3v) is 4.66. The molecule has 33 heavy (non-hydrogen) atoms. The number of amides is 1. The number of hydrogen-bond donors (Lipinski definition) is 1. The average molecular weight is 450 g/mol. The number of carbonyl (C=O) groups is 2. The van der Waals surface area contributed by atoms with Gasteiger partial charge >= 0.3 is 5.97 Å². The Morgan fingerprint density at radius 2 is 1.82 bits per heavy atom. The van der Waals surface area contributed by atoms with E-state index in [4.69, 9.17) is 18.9 Å². The van der Waals surface area contributed by atoms with E-state index in [1.54, 1.807) is 30.3 Å². The summed E-state index contributed by atoms with van der Waals surface area (Å²) in [6, 6.07) is 16.8. The third kappa shape index (κ3) is 5.27. The number of nitrogens with one attached hydrogen (secondary N) is 1. The molecule has 8 nitrogen and oxygen atoms in total. The van der Waals surface area contributed by atoms with Crippen LogP contribution in [0.15, 0.2) is 71.8 Å². The summed E-state index contributed by atoms with van der Waals surface area (Å²) in [6.45, 7) is 0.0698. The monoisotopic (exact) mass is 450 g/mol. The molecule has 1 atom stereocenters. The lowest BCUT2D eigenvalue weighted by Crippen LogP contribution is -2.42. The molecule has 0 fully saturated rings. The van der Waals surface area contributed by atoms with Crippen LogP contribution in [0.5, 0.6) is 23.0 Å². The summed E-state index contributed by atoms with van der Waals surface area (Å²) in [7, 11) is 1.42. The number of hydrogen-bond acceptors (Lipinski definition) is 7. The Hall–Kier alpha value is -4.40. The second-order valence-electron chi connectivity index (χ2n) is 6.91. The van der Waals surface area contributed by atoms with Gasteiger partial charge < -0.3 is 18.9 Å². The first-order chi connectivity index (χ1) is 16.0. The van der Waals surface area contributed by atoms with Crippen LogP contribution in [-0.4, -0.2) is 37.9 Å². The molecule has 1 aliphatic rings. The fourth-order valence-corrected chi connectivity index (χ4v) is 2.98. The van der Waals surface area contributed by atoms with Crippen molar-refractivity contribution in [2.45, 2.75) is 6.10 Å².